The van der Waals surface area contributed by atoms with Gasteiger partial charge in [0.15, 0.2) is 11.5 Å². The number of fused-ring (bicyclic) bond motifs is 1. The Labute approximate surface area is 191 Å². The second kappa shape index (κ2) is 10.0. The van der Waals surface area contributed by atoms with E-state index in [-0.39, 0.29) is 12.7 Å². The van der Waals surface area contributed by atoms with E-state index < -0.39 is 6.10 Å². The number of aromatic amines is 1. The third-order valence-corrected chi connectivity index (χ3v) is 5.31. The highest BCUT2D eigenvalue weighted by molar-refractivity contribution is 6.30. The summed E-state index contributed by atoms with van der Waals surface area (Å²) >= 11 is 5.96. The fourth-order valence-corrected chi connectivity index (χ4v) is 3.63. The Morgan fingerprint density at radius 3 is 2.62 bits per heavy atom. The van der Waals surface area contributed by atoms with Crippen molar-refractivity contribution in [3.8, 4) is 11.5 Å². The van der Waals surface area contributed by atoms with Crippen molar-refractivity contribution in [2.45, 2.75) is 25.7 Å². The van der Waals surface area contributed by atoms with Gasteiger partial charge in [0.1, 0.15) is 25.0 Å². The van der Waals surface area contributed by atoms with Crippen LogP contribution in [0.25, 0.3) is 11.0 Å². The maximum absolute atomic E-state index is 9.72. The van der Waals surface area contributed by atoms with E-state index in [1.807, 2.05) is 60.8 Å². The van der Waals surface area contributed by atoms with Gasteiger partial charge in [-0.15, -0.1) is 0 Å². The number of hydrogen-bond donors (Lipinski definition) is 2. The number of nitrogens with one attached hydrogen (secondary N) is 1. The lowest BCUT2D eigenvalue weighted by molar-refractivity contribution is 0.118. The summed E-state index contributed by atoms with van der Waals surface area (Å²) in [4.78, 5) is 7.55. The van der Waals surface area contributed by atoms with Crippen LogP contribution in [0.3, 0.4) is 0 Å². The molecule has 0 aliphatic heterocycles. The summed E-state index contributed by atoms with van der Waals surface area (Å²) in [5, 5.41) is 11.4. The van der Waals surface area contributed by atoms with Crippen LogP contribution in [-0.4, -0.2) is 34.9 Å². The Morgan fingerprint density at radius 1 is 1.06 bits per heavy atom. The SMILES string of the molecule is COC(c1ccc(OCc2ccc(Cl)cc2)c(OCC(C)O)c1)c1c[nH]c2ncccc12. The summed E-state index contributed by atoms with van der Waals surface area (Å²) in [5.41, 5.74) is 3.67. The number of methoxy groups -OCH3 is 1. The Balaban J connectivity index is 1.63. The Hall–Kier alpha value is -3.06. The van der Waals surface area contributed by atoms with Crippen LogP contribution in [0.1, 0.15) is 29.7 Å². The van der Waals surface area contributed by atoms with Gasteiger partial charge in [-0.25, -0.2) is 4.98 Å². The van der Waals surface area contributed by atoms with E-state index in [9.17, 15) is 5.11 Å². The molecule has 4 aromatic rings. The van der Waals surface area contributed by atoms with Crippen LogP contribution in [-0.2, 0) is 11.3 Å². The highest BCUT2D eigenvalue weighted by atomic mass is 35.5. The van der Waals surface area contributed by atoms with E-state index in [0.29, 0.717) is 23.1 Å². The molecule has 0 spiro atoms. The molecule has 2 aromatic carbocycles. The quantitative estimate of drug-likeness (QED) is 0.361. The predicted molar refractivity (Wildman–Crippen MR) is 124 cm³/mol. The van der Waals surface area contributed by atoms with Gasteiger partial charge in [-0.1, -0.05) is 29.8 Å². The first kappa shape index (κ1) is 22.1. The Kier molecular flexibility index (Phi) is 6.95. The molecule has 0 radical (unpaired) electrons. The zero-order valence-electron chi connectivity index (χ0n) is 17.9. The summed E-state index contributed by atoms with van der Waals surface area (Å²) in [7, 11) is 1.67. The molecule has 2 N–H and O–H groups in total. The van der Waals surface area contributed by atoms with Gasteiger partial charge in [0.2, 0.25) is 0 Å². The highest BCUT2D eigenvalue weighted by Gasteiger charge is 2.20. The normalized spacial score (nSPS) is 13.1. The van der Waals surface area contributed by atoms with Crippen LogP contribution in [0.2, 0.25) is 5.02 Å². The molecule has 6 nitrogen and oxygen atoms in total. The summed E-state index contributed by atoms with van der Waals surface area (Å²) in [6.45, 7) is 2.19. The van der Waals surface area contributed by atoms with E-state index >= 15 is 0 Å². The van der Waals surface area contributed by atoms with Crippen molar-refractivity contribution >= 4 is 22.6 Å². The van der Waals surface area contributed by atoms with Gasteiger partial charge in [0, 0.05) is 35.5 Å². The molecule has 0 aliphatic carbocycles. The third-order valence-electron chi connectivity index (χ3n) is 5.06. The van der Waals surface area contributed by atoms with Crippen molar-refractivity contribution in [1.29, 1.82) is 0 Å². The number of rotatable bonds is 9. The number of hydrogen-bond acceptors (Lipinski definition) is 5. The van der Waals surface area contributed by atoms with Crippen LogP contribution in [0.5, 0.6) is 11.5 Å². The number of H-pyrrole nitrogens is 1. The van der Waals surface area contributed by atoms with E-state index in [4.69, 9.17) is 25.8 Å². The lowest BCUT2D eigenvalue weighted by Gasteiger charge is -2.19. The van der Waals surface area contributed by atoms with Gasteiger partial charge in [0.05, 0.1) is 6.10 Å². The first-order valence-corrected chi connectivity index (χ1v) is 10.7. The van der Waals surface area contributed by atoms with Crippen LogP contribution in [0.15, 0.2) is 67.0 Å². The van der Waals surface area contributed by atoms with Crippen molar-refractivity contribution in [2.75, 3.05) is 13.7 Å². The molecule has 2 atom stereocenters. The molecule has 166 valence electrons. The number of halogens is 1. The second-order valence-corrected chi connectivity index (χ2v) is 7.98. The maximum Gasteiger partial charge on any atom is 0.161 e. The molecule has 7 heteroatoms. The lowest BCUT2D eigenvalue weighted by Crippen LogP contribution is -2.14. The summed E-state index contributed by atoms with van der Waals surface area (Å²) in [5.74, 6) is 1.12. The molecule has 0 amide bonds. The number of aromatic nitrogens is 2. The zero-order valence-corrected chi connectivity index (χ0v) is 18.7. The number of pyridine rings is 1. The molecule has 2 heterocycles. The molecular weight excluding hydrogens is 428 g/mol. The number of aliphatic hydroxyl groups is 1. The standard InChI is InChI=1S/C25H25ClN2O4/c1-16(29)14-31-23-12-18(7-10-22(23)32-15-17-5-8-19(26)9-6-17)24(30-2)21-13-28-25-20(21)4-3-11-27-25/h3-13,16,24,29H,14-15H2,1-2H3,(H,27,28). The molecule has 4 rings (SSSR count). The predicted octanol–water partition coefficient (Wildman–Crippen LogP) is 5.29. The van der Waals surface area contributed by atoms with Crippen molar-refractivity contribution < 1.29 is 19.3 Å². The third kappa shape index (κ3) is 5.05. The average molecular weight is 453 g/mol. The fourth-order valence-electron chi connectivity index (χ4n) is 3.51. The molecule has 0 saturated heterocycles. The minimum absolute atomic E-state index is 0.148. The first-order chi connectivity index (χ1) is 15.5. The maximum atomic E-state index is 9.72. The molecule has 32 heavy (non-hydrogen) atoms. The summed E-state index contributed by atoms with van der Waals surface area (Å²) in [6, 6.07) is 17.1. The Morgan fingerprint density at radius 2 is 1.88 bits per heavy atom. The molecule has 2 aromatic heterocycles. The molecule has 2 unspecified atom stereocenters. The number of benzene rings is 2. The van der Waals surface area contributed by atoms with Crippen LogP contribution < -0.4 is 9.47 Å². The number of aliphatic hydroxyl groups excluding tert-OH is 1. The first-order valence-electron chi connectivity index (χ1n) is 10.3. The minimum atomic E-state index is -0.610. The van der Waals surface area contributed by atoms with Gasteiger partial charge in [-0.05, 0) is 54.4 Å². The van der Waals surface area contributed by atoms with Crippen LogP contribution in [0, 0.1) is 0 Å². The van der Waals surface area contributed by atoms with E-state index in [0.717, 1.165) is 27.7 Å². The van der Waals surface area contributed by atoms with Gasteiger partial charge in [-0.3, -0.25) is 0 Å². The van der Waals surface area contributed by atoms with Gasteiger partial charge >= 0.3 is 0 Å². The molecule has 0 saturated carbocycles. The van der Waals surface area contributed by atoms with E-state index in [1.165, 1.54) is 0 Å². The monoisotopic (exact) mass is 452 g/mol. The molecule has 0 bridgehead atoms. The van der Waals surface area contributed by atoms with Crippen molar-refractivity contribution in [1.82, 2.24) is 9.97 Å². The number of nitrogens with zero attached hydrogens (tertiary/aromatic N) is 1. The van der Waals surface area contributed by atoms with Crippen LogP contribution in [0.4, 0.5) is 0 Å². The summed E-state index contributed by atoms with van der Waals surface area (Å²) < 4.78 is 17.7. The van der Waals surface area contributed by atoms with E-state index in [2.05, 4.69) is 9.97 Å². The largest absolute Gasteiger partial charge is 0.487 e. The van der Waals surface area contributed by atoms with Gasteiger partial charge in [-0.2, -0.15) is 0 Å². The lowest BCUT2D eigenvalue weighted by atomic mass is 10.0. The highest BCUT2D eigenvalue weighted by Crippen LogP contribution is 2.36. The van der Waals surface area contributed by atoms with Gasteiger partial charge in [0.25, 0.3) is 0 Å². The second-order valence-electron chi connectivity index (χ2n) is 7.54. The van der Waals surface area contributed by atoms with E-state index in [1.54, 1.807) is 20.2 Å². The summed E-state index contributed by atoms with van der Waals surface area (Å²) in [6.07, 6.45) is 2.72. The van der Waals surface area contributed by atoms with Gasteiger partial charge < -0.3 is 24.3 Å². The minimum Gasteiger partial charge on any atom is -0.487 e. The van der Waals surface area contributed by atoms with Crippen LogP contribution >= 0.6 is 11.6 Å². The van der Waals surface area contributed by atoms with Crippen molar-refractivity contribution in [3.63, 3.8) is 0 Å². The molecular formula is C25H25ClN2O4. The number of ether oxygens (including phenoxy) is 3. The smallest absolute Gasteiger partial charge is 0.161 e. The van der Waals surface area contributed by atoms with Crippen molar-refractivity contribution in [2.24, 2.45) is 0 Å². The average Bonchev–Trinajstić information content (AvgIpc) is 3.22. The zero-order chi connectivity index (χ0) is 22.5. The Bertz CT molecular complexity index is 1170. The topological polar surface area (TPSA) is 76.6 Å². The molecule has 0 aliphatic rings. The fraction of sp³-hybridized carbons (Fsp3) is 0.240. The molecule has 0 fully saturated rings. The van der Waals surface area contributed by atoms with Crippen molar-refractivity contribution in [3.05, 3.63) is 88.7 Å².